The lowest BCUT2D eigenvalue weighted by Gasteiger charge is -2.35. The van der Waals surface area contributed by atoms with Crippen molar-refractivity contribution in [3.8, 4) is 5.75 Å². The fourth-order valence-corrected chi connectivity index (χ4v) is 3.56. The van der Waals surface area contributed by atoms with Gasteiger partial charge < -0.3 is 20.3 Å². The van der Waals surface area contributed by atoms with Crippen LogP contribution in [0.4, 0.5) is 17.1 Å². The largest absolute Gasteiger partial charge is 0.492 e. The standard InChI is InChI=1S/C20H26N4O3/c1-15-13-23(14-16(2)22-15)17-8-9-20(24(25)26)19(12-17)21-10-11-27-18-6-4-3-5-7-18/h3-9,12,15-16,21-22H,10-11,13-14H2,1-2H3/p+1/t15-,16-/m1/s1. The van der Waals surface area contributed by atoms with Gasteiger partial charge in [-0.25, -0.2) is 0 Å². The molecule has 0 unspecified atom stereocenters. The molecular formula is C20H27N4O3+. The summed E-state index contributed by atoms with van der Waals surface area (Å²) in [6.45, 7) is 7.18. The molecule has 7 heteroatoms. The molecule has 27 heavy (non-hydrogen) atoms. The molecule has 3 rings (SSSR count). The lowest BCUT2D eigenvalue weighted by atomic mass is 10.1. The lowest BCUT2D eigenvalue weighted by Crippen LogP contribution is -2.99. The number of nitrogens with two attached hydrogens (primary N) is 1. The number of hydrogen-bond donors (Lipinski definition) is 2. The minimum atomic E-state index is -0.348. The molecular weight excluding hydrogens is 344 g/mol. The van der Waals surface area contributed by atoms with Crippen LogP contribution in [0, 0.1) is 10.1 Å². The van der Waals surface area contributed by atoms with Crippen molar-refractivity contribution in [1.29, 1.82) is 0 Å². The van der Waals surface area contributed by atoms with Crippen molar-refractivity contribution in [3.05, 3.63) is 58.6 Å². The second-order valence-electron chi connectivity index (χ2n) is 7.10. The number of para-hydroxylation sites is 1. The van der Waals surface area contributed by atoms with E-state index in [0.717, 1.165) is 24.5 Å². The van der Waals surface area contributed by atoms with Crippen LogP contribution in [0.5, 0.6) is 5.75 Å². The Kier molecular flexibility index (Phi) is 6.13. The van der Waals surface area contributed by atoms with Crippen LogP contribution in [-0.4, -0.2) is 43.2 Å². The fraction of sp³-hybridized carbons (Fsp3) is 0.400. The number of anilines is 2. The zero-order chi connectivity index (χ0) is 19.2. The molecule has 144 valence electrons. The lowest BCUT2D eigenvalue weighted by molar-refractivity contribution is -0.716. The summed E-state index contributed by atoms with van der Waals surface area (Å²) < 4.78 is 5.66. The van der Waals surface area contributed by atoms with Crippen LogP contribution >= 0.6 is 0 Å². The van der Waals surface area contributed by atoms with E-state index in [2.05, 4.69) is 29.4 Å². The predicted octanol–water partition coefficient (Wildman–Crippen LogP) is 2.25. The first-order chi connectivity index (χ1) is 13.0. The van der Waals surface area contributed by atoms with Gasteiger partial charge in [-0.05, 0) is 38.1 Å². The van der Waals surface area contributed by atoms with Crippen LogP contribution in [-0.2, 0) is 0 Å². The number of benzene rings is 2. The first-order valence-electron chi connectivity index (χ1n) is 9.33. The van der Waals surface area contributed by atoms with Crippen molar-refractivity contribution < 1.29 is 15.0 Å². The Morgan fingerprint density at radius 2 is 1.89 bits per heavy atom. The molecule has 2 atom stereocenters. The summed E-state index contributed by atoms with van der Waals surface area (Å²) in [5.41, 5.74) is 1.63. The summed E-state index contributed by atoms with van der Waals surface area (Å²) in [5, 5.41) is 16.9. The average molecular weight is 371 g/mol. The highest BCUT2D eigenvalue weighted by molar-refractivity contribution is 5.69. The normalized spacial score (nSPS) is 19.6. The maximum absolute atomic E-state index is 11.4. The molecule has 1 heterocycles. The number of hydrogen-bond acceptors (Lipinski definition) is 5. The predicted molar refractivity (Wildman–Crippen MR) is 107 cm³/mol. The number of nitro groups is 1. The Bertz CT molecular complexity index is 759. The Morgan fingerprint density at radius 1 is 1.19 bits per heavy atom. The Hall–Kier alpha value is -2.80. The highest BCUT2D eigenvalue weighted by atomic mass is 16.6. The zero-order valence-electron chi connectivity index (χ0n) is 15.8. The average Bonchev–Trinajstić information content (AvgIpc) is 2.65. The molecule has 0 saturated carbocycles. The second kappa shape index (κ2) is 8.73. The molecule has 2 aromatic rings. The van der Waals surface area contributed by atoms with Crippen LogP contribution in [0.1, 0.15) is 13.8 Å². The van der Waals surface area contributed by atoms with E-state index in [1.807, 2.05) is 42.5 Å². The minimum absolute atomic E-state index is 0.0862. The van der Waals surface area contributed by atoms with Gasteiger partial charge >= 0.3 is 0 Å². The molecule has 1 aliphatic heterocycles. The van der Waals surface area contributed by atoms with Crippen LogP contribution in [0.25, 0.3) is 0 Å². The van der Waals surface area contributed by atoms with Crippen molar-refractivity contribution in [3.63, 3.8) is 0 Å². The molecule has 0 radical (unpaired) electrons. The molecule has 1 fully saturated rings. The Labute approximate surface area is 159 Å². The van der Waals surface area contributed by atoms with E-state index >= 15 is 0 Å². The van der Waals surface area contributed by atoms with Crippen molar-refractivity contribution in [2.75, 3.05) is 36.5 Å². The third kappa shape index (κ3) is 5.10. The van der Waals surface area contributed by atoms with Crippen molar-refractivity contribution in [2.24, 2.45) is 0 Å². The van der Waals surface area contributed by atoms with Gasteiger partial charge in [0.15, 0.2) is 0 Å². The van der Waals surface area contributed by atoms with Crippen LogP contribution < -0.4 is 20.3 Å². The van der Waals surface area contributed by atoms with Crippen LogP contribution in [0.2, 0.25) is 0 Å². The zero-order valence-corrected chi connectivity index (χ0v) is 15.8. The van der Waals surface area contributed by atoms with Crippen molar-refractivity contribution in [1.82, 2.24) is 0 Å². The molecule has 3 N–H and O–H groups in total. The molecule has 0 spiro atoms. The maximum atomic E-state index is 11.4. The minimum Gasteiger partial charge on any atom is -0.492 e. The summed E-state index contributed by atoms with van der Waals surface area (Å²) in [6.07, 6.45) is 0. The van der Waals surface area contributed by atoms with E-state index < -0.39 is 0 Å². The molecule has 1 aliphatic rings. The van der Waals surface area contributed by atoms with Gasteiger partial charge in [-0.1, -0.05) is 18.2 Å². The highest BCUT2D eigenvalue weighted by Crippen LogP contribution is 2.30. The fourth-order valence-electron chi connectivity index (χ4n) is 3.56. The number of nitro benzene ring substituents is 1. The first-order valence-corrected chi connectivity index (χ1v) is 9.33. The van der Waals surface area contributed by atoms with Gasteiger partial charge in [0.25, 0.3) is 5.69 Å². The van der Waals surface area contributed by atoms with Gasteiger partial charge in [0.1, 0.15) is 30.1 Å². The van der Waals surface area contributed by atoms with Gasteiger partial charge in [0.2, 0.25) is 0 Å². The number of quaternary nitrogens is 1. The summed E-state index contributed by atoms with van der Waals surface area (Å²) in [6, 6.07) is 15.8. The Balaban J connectivity index is 1.67. The third-order valence-corrected chi connectivity index (χ3v) is 4.65. The van der Waals surface area contributed by atoms with E-state index in [0.29, 0.717) is 30.9 Å². The van der Waals surface area contributed by atoms with Gasteiger partial charge in [-0.3, -0.25) is 10.1 Å². The number of rotatable bonds is 7. The molecule has 0 bridgehead atoms. The van der Waals surface area contributed by atoms with Gasteiger partial charge in [-0.15, -0.1) is 0 Å². The second-order valence-corrected chi connectivity index (χ2v) is 7.10. The first kappa shape index (κ1) is 19.0. The number of nitrogens with zero attached hydrogens (tertiary/aromatic N) is 2. The van der Waals surface area contributed by atoms with E-state index in [1.54, 1.807) is 6.07 Å². The topological polar surface area (TPSA) is 84.2 Å². The summed E-state index contributed by atoms with van der Waals surface area (Å²) in [7, 11) is 0. The van der Waals surface area contributed by atoms with E-state index in [-0.39, 0.29) is 10.6 Å². The van der Waals surface area contributed by atoms with E-state index in [1.165, 1.54) is 0 Å². The molecule has 0 amide bonds. The Morgan fingerprint density at radius 3 is 2.56 bits per heavy atom. The SMILES string of the molecule is C[C@@H]1CN(c2ccc([N+](=O)[O-])c(NCCOc3ccccc3)c2)C[C@@H](C)[NH2+]1. The number of piperazine rings is 1. The quantitative estimate of drug-likeness (QED) is 0.443. The van der Waals surface area contributed by atoms with E-state index in [9.17, 15) is 10.1 Å². The maximum Gasteiger partial charge on any atom is 0.292 e. The van der Waals surface area contributed by atoms with Crippen LogP contribution in [0.15, 0.2) is 48.5 Å². The van der Waals surface area contributed by atoms with Crippen molar-refractivity contribution >= 4 is 17.1 Å². The van der Waals surface area contributed by atoms with Gasteiger partial charge in [-0.2, -0.15) is 0 Å². The summed E-state index contributed by atoms with van der Waals surface area (Å²) in [4.78, 5) is 13.3. The smallest absolute Gasteiger partial charge is 0.292 e. The van der Waals surface area contributed by atoms with Crippen LogP contribution in [0.3, 0.4) is 0 Å². The number of ether oxygens (including phenoxy) is 1. The van der Waals surface area contributed by atoms with Crippen molar-refractivity contribution in [2.45, 2.75) is 25.9 Å². The molecule has 2 aromatic carbocycles. The molecule has 7 nitrogen and oxygen atoms in total. The third-order valence-electron chi connectivity index (χ3n) is 4.65. The monoisotopic (exact) mass is 371 g/mol. The molecule has 0 aromatic heterocycles. The van der Waals surface area contributed by atoms with E-state index in [4.69, 9.17) is 4.74 Å². The molecule has 0 aliphatic carbocycles. The number of nitrogens with one attached hydrogen (secondary N) is 1. The summed E-state index contributed by atoms with van der Waals surface area (Å²) in [5.74, 6) is 0.787. The summed E-state index contributed by atoms with van der Waals surface area (Å²) >= 11 is 0. The molecule has 1 saturated heterocycles. The highest BCUT2D eigenvalue weighted by Gasteiger charge is 2.25. The van der Waals surface area contributed by atoms with Gasteiger partial charge in [0.05, 0.1) is 18.0 Å². The van der Waals surface area contributed by atoms with Gasteiger partial charge in [0, 0.05) is 18.3 Å².